The minimum atomic E-state index is -0.607. The molecular weight excluding hydrogens is 254 g/mol. The number of nitro groups is 1. The molecule has 0 aromatic heterocycles. The number of non-ortho nitro benzene ring substituents is 1. The third kappa shape index (κ3) is 5.02. The quantitative estimate of drug-likeness (QED) is 0.606. The maximum atomic E-state index is 11.3. The minimum Gasteiger partial charge on any atom is -0.484 e. The van der Waals surface area contributed by atoms with E-state index in [1.165, 1.54) is 24.3 Å². The van der Waals surface area contributed by atoms with Gasteiger partial charge in [-0.3, -0.25) is 20.2 Å². The summed E-state index contributed by atoms with van der Waals surface area (Å²) in [5.74, 6) is -0.305. The van der Waals surface area contributed by atoms with E-state index in [-0.39, 0.29) is 12.3 Å². The van der Waals surface area contributed by atoms with Crippen molar-refractivity contribution in [3.63, 3.8) is 0 Å². The Kier molecular flexibility index (Phi) is 5.27. The number of hydrogen-bond donors (Lipinski definition) is 2. The van der Waals surface area contributed by atoms with Crippen LogP contribution in [0, 0.1) is 10.1 Å². The number of nitro benzene ring substituents is 1. The Balaban J connectivity index is 2.42. The van der Waals surface area contributed by atoms with Crippen molar-refractivity contribution in [3.05, 3.63) is 34.4 Å². The third-order valence-electron chi connectivity index (χ3n) is 2.01. The number of urea groups is 1. The predicted molar refractivity (Wildman–Crippen MR) is 65.8 cm³/mol. The molecule has 0 saturated heterocycles. The monoisotopic (exact) mass is 267 g/mol. The summed E-state index contributed by atoms with van der Waals surface area (Å²) in [7, 11) is 0. The number of benzene rings is 1. The van der Waals surface area contributed by atoms with Gasteiger partial charge in [0.1, 0.15) is 5.75 Å². The van der Waals surface area contributed by atoms with E-state index in [2.05, 4.69) is 10.6 Å². The molecule has 0 spiro atoms. The third-order valence-corrected chi connectivity index (χ3v) is 2.01. The van der Waals surface area contributed by atoms with Crippen LogP contribution >= 0.6 is 0 Å². The number of carbonyl (C=O) groups excluding carboxylic acids is 2. The van der Waals surface area contributed by atoms with E-state index in [9.17, 15) is 19.7 Å². The summed E-state index contributed by atoms with van der Waals surface area (Å²) in [5, 5.41) is 14.9. The predicted octanol–water partition coefficient (Wildman–Crippen LogP) is 0.819. The molecule has 0 heterocycles. The van der Waals surface area contributed by atoms with Crippen LogP contribution < -0.4 is 15.4 Å². The fourth-order valence-electron chi connectivity index (χ4n) is 1.18. The van der Waals surface area contributed by atoms with Gasteiger partial charge in [-0.05, 0) is 19.1 Å². The molecule has 0 aliphatic rings. The molecule has 1 aromatic rings. The van der Waals surface area contributed by atoms with Crippen molar-refractivity contribution in [2.24, 2.45) is 0 Å². The van der Waals surface area contributed by atoms with Gasteiger partial charge in [-0.2, -0.15) is 0 Å². The van der Waals surface area contributed by atoms with Gasteiger partial charge in [0.05, 0.1) is 4.92 Å². The highest BCUT2D eigenvalue weighted by atomic mass is 16.6. The fourth-order valence-corrected chi connectivity index (χ4v) is 1.18. The zero-order chi connectivity index (χ0) is 14.3. The van der Waals surface area contributed by atoms with E-state index < -0.39 is 16.9 Å². The van der Waals surface area contributed by atoms with Crippen LogP contribution in [0.1, 0.15) is 6.92 Å². The van der Waals surface area contributed by atoms with Crippen LogP contribution in [0.15, 0.2) is 24.3 Å². The maximum absolute atomic E-state index is 11.3. The Hall–Kier alpha value is -2.64. The number of carbonyl (C=O) groups is 2. The first-order valence-corrected chi connectivity index (χ1v) is 5.48. The van der Waals surface area contributed by atoms with Crippen molar-refractivity contribution in [1.82, 2.24) is 10.6 Å². The summed E-state index contributed by atoms with van der Waals surface area (Å²) in [5.41, 5.74) is -0.0703. The molecule has 1 rings (SSSR count). The molecule has 8 heteroatoms. The summed E-state index contributed by atoms with van der Waals surface area (Å²) in [6, 6.07) is 4.67. The lowest BCUT2D eigenvalue weighted by atomic mass is 10.3. The first kappa shape index (κ1) is 14.4. The molecule has 0 bridgehead atoms. The molecule has 19 heavy (non-hydrogen) atoms. The highest BCUT2D eigenvalue weighted by Crippen LogP contribution is 2.16. The Bertz CT molecular complexity index is 472. The van der Waals surface area contributed by atoms with Crippen molar-refractivity contribution in [2.45, 2.75) is 6.92 Å². The molecule has 1 aromatic carbocycles. The summed E-state index contributed by atoms with van der Waals surface area (Å²) in [6.07, 6.45) is 0. The van der Waals surface area contributed by atoms with Gasteiger partial charge in [-0.25, -0.2) is 4.79 Å². The minimum absolute atomic E-state index is 0.0703. The molecule has 0 saturated carbocycles. The molecule has 8 nitrogen and oxygen atoms in total. The van der Waals surface area contributed by atoms with Crippen molar-refractivity contribution in [1.29, 1.82) is 0 Å². The highest BCUT2D eigenvalue weighted by molar-refractivity contribution is 5.94. The average Bonchev–Trinajstić information content (AvgIpc) is 2.37. The van der Waals surface area contributed by atoms with Crippen molar-refractivity contribution < 1.29 is 19.2 Å². The first-order chi connectivity index (χ1) is 9.02. The maximum Gasteiger partial charge on any atom is 0.321 e. The molecule has 0 aliphatic carbocycles. The number of nitrogens with one attached hydrogen (secondary N) is 2. The molecule has 0 aliphatic heterocycles. The Morgan fingerprint density at radius 3 is 2.47 bits per heavy atom. The normalized spacial score (nSPS) is 9.53. The average molecular weight is 267 g/mol. The number of hydrogen-bond acceptors (Lipinski definition) is 5. The van der Waals surface area contributed by atoms with E-state index >= 15 is 0 Å². The lowest BCUT2D eigenvalue weighted by molar-refractivity contribution is -0.384. The number of imide groups is 1. The second-order valence-corrected chi connectivity index (χ2v) is 3.45. The van der Waals surface area contributed by atoms with Crippen LogP contribution in [-0.2, 0) is 4.79 Å². The lowest BCUT2D eigenvalue weighted by Crippen LogP contribution is -2.41. The van der Waals surface area contributed by atoms with Gasteiger partial charge >= 0.3 is 6.03 Å². The number of amides is 3. The standard InChI is InChI=1S/C11H13N3O5/c1-2-12-11(16)13-10(15)7-19-9-5-3-8(4-6-9)14(17)18/h3-6H,2,7H2,1H3,(H2,12,13,15,16). The summed E-state index contributed by atoms with van der Waals surface area (Å²) in [6.45, 7) is 1.77. The second-order valence-electron chi connectivity index (χ2n) is 3.45. The Morgan fingerprint density at radius 1 is 1.32 bits per heavy atom. The smallest absolute Gasteiger partial charge is 0.321 e. The Morgan fingerprint density at radius 2 is 1.95 bits per heavy atom. The van der Waals surface area contributed by atoms with Gasteiger partial charge in [-0.15, -0.1) is 0 Å². The highest BCUT2D eigenvalue weighted by Gasteiger charge is 2.08. The zero-order valence-electron chi connectivity index (χ0n) is 10.2. The number of ether oxygens (including phenoxy) is 1. The van der Waals surface area contributed by atoms with Gasteiger partial charge < -0.3 is 10.1 Å². The van der Waals surface area contributed by atoms with Gasteiger partial charge in [0.25, 0.3) is 11.6 Å². The second kappa shape index (κ2) is 6.94. The van der Waals surface area contributed by atoms with Gasteiger partial charge in [-0.1, -0.05) is 0 Å². The summed E-state index contributed by atoms with van der Waals surface area (Å²) < 4.78 is 5.07. The van der Waals surface area contributed by atoms with Crippen LogP contribution in [0.25, 0.3) is 0 Å². The number of rotatable bonds is 5. The molecule has 0 atom stereocenters. The van der Waals surface area contributed by atoms with Crippen LogP contribution in [0.3, 0.4) is 0 Å². The number of nitrogens with zero attached hydrogens (tertiary/aromatic N) is 1. The van der Waals surface area contributed by atoms with Gasteiger partial charge in [0, 0.05) is 18.7 Å². The summed E-state index contributed by atoms with van der Waals surface area (Å²) in [4.78, 5) is 32.2. The van der Waals surface area contributed by atoms with E-state index in [0.29, 0.717) is 12.3 Å². The molecule has 102 valence electrons. The van der Waals surface area contributed by atoms with E-state index in [0.717, 1.165) is 0 Å². The molecule has 0 fully saturated rings. The zero-order valence-corrected chi connectivity index (χ0v) is 10.2. The van der Waals surface area contributed by atoms with Crippen LogP contribution in [-0.4, -0.2) is 30.0 Å². The van der Waals surface area contributed by atoms with E-state index in [1.807, 2.05) is 0 Å². The van der Waals surface area contributed by atoms with Crippen molar-refractivity contribution in [3.8, 4) is 5.75 Å². The van der Waals surface area contributed by atoms with Gasteiger partial charge in [0.2, 0.25) is 0 Å². The Labute approximate surface area is 108 Å². The molecule has 0 unspecified atom stereocenters. The molecule has 0 radical (unpaired) electrons. The fraction of sp³-hybridized carbons (Fsp3) is 0.273. The first-order valence-electron chi connectivity index (χ1n) is 5.48. The van der Waals surface area contributed by atoms with E-state index in [4.69, 9.17) is 4.74 Å². The molecular formula is C11H13N3O5. The van der Waals surface area contributed by atoms with Crippen LogP contribution in [0.5, 0.6) is 5.75 Å². The molecule has 3 amide bonds. The van der Waals surface area contributed by atoms with Crippen molar-refractivity contribution in [2.75, 3.05) is 13.2 Å². The van der Waals surface area contributed by atoms with Gasteiger partial charge in [0.15, 0.2) is 6.61 Å². The SMILES string of the molecule is CCNC(=O)NC(=O)COc1ccc([N+](=O)[O-])cc1. The van der Waals surface area contributed by atoms with Crippen LogP contribution in [0.4, 0.5) is 10.5 Å². The molecule has 2 N–H and O–H groups in total. The van der Waals surface area contributed by atoms with E-state index in [1.54, 1.807) is 6.92 Å². The summed E-state index contributed by atoms with van der Waals surface area (Å²) >= 11 is 0. The largest absolute Gasteiger partial charge is 0.484 e. The van der Waals surface area contributed by atoms with Crippen LogP contribution in [0.2, 0.25) is 0 Å². The topological polar surface area (TPSA) is 111 Å². The lowest BCUT2D eigenvalue weighted by Gasteiger charge is -2.06. The van der Waals surface area contributed by atoms with Crippen molar-refractivity contribution >= 4 is 17.6 Å².